The number of nitrogens with zero attached hydrogens (tertiary/aromatic N) is 2. The maximum absolute atomic E-state index is 13.0. The molecule has 3 rings (SSSR count). The minimum atomic E-state index is -0.646. The lowest BCUT2D eigenvalue weighted by atomic mass is 10.1. The van der Waals surface area contributed by atoms with E-state index in [0.717, 1.165) is 0 Å². The Morgan fingerprint density at radius 3 is 2.25 bits per heavy atom. The number of carbonyl (C=O) groups excluding carboxylic acids is 3. The van der Waals surface area contributed by atoms with Crippen molar-refractivity contribution >= 4 is 34.8 Å². The Hall–Kier alpha value is -3.35. The number of esters is 1. The Morgan fingerprint density at radius 1 is 1.04 bits per heavy atom. The quantitative estimate of drug-likeness (QED) is 0.652. The van der Waals surface area contributed by atoms with Gasteiger partial charge in [0.25, 0.3) is 5.91 Å². The minimum absolute atomic E-state index is 0.164. The number of fused-ring (bicyclic) bond motifs is 1. The summed E-state index contributed by atoms with van der Waals surface area (Å²) in [6.45, 7) is 4.93. The van der Waals surface area contributed by atoms with Gasteiger partial charge in [-0.2, -0.15) is 0 Å². The Kier molecular flexibility index (Phi) is 5.09. The summed E-state index contributed by atoms with van der Waals surface area (Å²) in [5.41, 5.74) is 7.07. The molecule has 2 N–H and O–H groups in total. The Balaban J connectivity index is 1.90. The number of hydrogen-bond acceptors (Lipinski definition) is 5. The zero-order valence-corrected chi connectivity index (χ0v) is 16.1. The number of para-hydroxylation sites is 2. The molecule has 0 radical (unpaired) electrons. The van der Waals surface area contributed by atoms with Gasteiger partial charge in [0.15, 0.2) is 0 Å². The van der Waals surface area contributed by atoms with E-state index in [1.807, 2.05) is 0 Å². The van der Waals surface area contributed by atoms with Crippen LogP contribution in [0.3, 0.4) is 0 Å². The summed E-state index contributed by atoms with van der Waals surface area (Å²) in [7, 11) is 0. The third-order valence-corrected chi connectivity index (χ3v) is 4.17. The number of ether oxygens (including phenoxy) is 1. The number of amides is 2. The lowest BCUT2D eigenvalue weighted by Gasteiger charge is -2.36. The van der Waals surface area contributed by atoms with Gasteiger partial charge in [0.1, 0.15) is 18.7 Å². The van der Waals surface area contributed by atoms with Crippen molar-refractivity contribution in [3.05, 3.63) is 54.1 Å². The van der Waals surface area contributed by atoms with Gasteiger partial charge in [-0.3, -0.25) is 24.2 Å². The van der Waals surface area contributed by atoms with Crippen molar-refractivity contribution in [2.75, 3.05) is 28.6 Å². The Labute approximate surface area is 163 Å². The van der Waals surface area contributed by atoms with E-state index in [-0.39, 0.29) is 24.9 Å². The first-order valence-electron chi connectivity index (χ1n) is 8.94. The molecule has 7 heteroatoms. The number of nitrogen functional groups attached to an aromatic ring is 1. The average molecular weight is 381 g/mol. The van der Waals surface area contributed by atoms with Crippen LogP contribution >= 0.6 is 0 Å². The first-order chi connectivity index (χ1) is 13.2. The lowest BCUT2D eigenvalue weighted by Crippen LogP contribution is -2.50. The second kappa shape index (κ2) is 7.34. The molecule has 0 aliphatic carbocycles. The summed E-state index contributed by atoms with van der Waals surface area (Å²) < 4.78 is 5.33. The molecule has 2 aromatic rings. The molecule has 0 aromatic heterocycles. The van der Waals surface area contributed by atoms with Gasteiger partial charge in [0.05, 0.1) is 11.4 Å². The smallest absolute Gasteiger partial charge is 0.326 e. The molecule has 0 saturated heterocycles. The molecule has 7 nitrogen and oxygen atoms in total. The molecule has 2 aromatic carbocycles. The summed E-state index contributed by atoms with van der Waals surface area (Å²) >= 11 is 0. The predicted octanol–water partition coefficient (Wildman–Crippen LogP) is 2.60. The average Bonchev–Trinajstić information content (AvgIpc) is 2.62. The number of nitrogens with two attached hydrogens (primary N) is 1. The summed E-state index contributed by atoms with van der Waals surface area (Å²) in [5.74, 6) is -1.17. The fourth-order valence-corrected chi connectivity index (χ4v) is 3.00. The van der Waals surface area contributed by atoms with E-state index in [1.165, 1.54) is 9.80 Å². The molecule has 0 saturated carbocycles. The summed E-state index contributed by atoms with van der Waals surface area (Å²) in [4.78, 5) is 40.7. The molecule has 146 valence electrons. The highest BCUT2D eigenvalue weighted by molar-refractivity contribution is 6.16. The van der Waals surface area contributed by atoms with Crippen molar-refractivity contribution in [3.63, 3.8) is 0 Å². The number of benzene rings is 2. The van der Waals surface area contributed by atoms with Crippen LogP contribution in [0, 0.1) is 0 Å². The summed E-state index contributed by atoms with van der Waals surface area (Å²) in [5, 5.41) is 0. The van der Waals surface area contributed by atoms with E-state index in [4.69, 9.17) is 10.5 Å². The van der Waals surface area contributed by atoms with Gasteiger partial charge in [0.2, 0.25) is 5.91 Å². The molecule has 0 unspecified atom stereocenters. The normalized spacial score (nSPS) is 13.9. The molecular weight excluding hydrogens is 358 g/mol. The van der Waals surface area contributed by atoms with Crippen LogP contribution in [0.2, 0.25) is 0 Å². The van der Waals surface area contributed by atoms with Crippen LogP contribution in [0.25, 0.3) is 0 Å². The van der Waals surface area contributed by atoms with E-state index in [1.54, 1.807) is 69.3 Å². The van der Waals surface area contributed by atoms with Crippen LogP contribution in [-0.4, -0.2) is 36.5 Å². The molecule has 1 heterocycles. The number of carbonyl (C=O) groups is 3. The molecular formula is C21H23N3O4. The molecule has 0 bridgehead atoms. The maximum Gasteiger partial charge on any atom is 0.326 e. The van der Waals surface area contributed by atoms with Crippen LogP contribution in [0.4, 0.5) is 17.1 Å². The van der Waals surface area contributed by atoms with Crippen LogP contribution in [0.5, 0.6) is 0 Å². The summed E-state index contributed by atoms with van der Waals surface area (Å²) in [6, 6.07) is 13.5. The maximum atomic E-state index is 13.0. The van der Waals surface area contributed by atoms with Gasteiger partial charge in [-0.1, -0.05) is 12.1 Å². The Morgan fingerprint density at radius 2 is 1.64 bits per heavy atom. The van der Waals surface area contributed by atoms with Crippen LogP contribution in [0.15, 0.2) is 48.5 Å². The monoisotopic (exact) mass is 381 g/mol. The predicted molar refractivity (Wildman–Crippen MR) is 107 cm³/mol. The van der Waals surface area contributed by atoms with Gasteiger partial charge in [-0.15, -0.1) is 0 Å². The van der Waals surface area contributed by atoms with Crippen molar-refractivity contribution < 1.29 is 19.1 Å². The highest BCUT2D eigenvalue weighted by Crippen LogP contribution is 2.34. The fraction of sp³-hybridized carbons (Fsp3) is 0.286. The van der Waals surface area contributed by atoms with Crippen LogP contribution in [0.1, 0.15) is 31.1 Å². The number of anilines is 3. The topological polar surface area (TPSA) is 92.9 Å². The zero-order chi connectivity index (χ0) is 20.5. The standard InChI is InChI=1S/C21H23N3O4/c1-21(2,3)28-19(26)13-23-16-6-4-5-7-17(16)24(12-18(23)25)20(27)14-8-10-15(22)11-9-14/h4-11H,12-13,22H2,1-3H3. The van der Waals surface area contributed by atoms with Crippen LogP contribution in [-0.2, 0) is 14.3 Å². The molecule has 1 aliphatic heterocycles. The highest BCUT2D eigenvalue weighted by atomic mass is 16.6. The van der Waals surface area contributed by atoms with Crippen molar-refractivity contribution in [2.45, 2.75) is 26.4 Å². The number of rotatable bonds is 3. The molecule has 28 heavy (non-hydrogen) atoms. The van der Waals surface area contributed by atoms with Crippen molar-refractivity contribution in [1.29, 1.82) is 0 Å². The first-order valence-corrected chi connectivity index (χ1v) is 8.94. The molecule has 0 fully saturated rings. The highest BCUT2D eigenvalue weighted by Gasteiger charge is 2.34. The third-order valence-electron chi connectivity index (χ3n) is 4.17. The largest absolute Gasteiger partial charge is 0.459 e. The fourth-order valence-electron chi connectivity index (χ4n) is 3.00. The van der Waals surface area contributed by atoms with Crippen molar-refractivity contribution in [1.82, 2.24) is 0 Å². The van der Waals surface area contributed by atoms with E-state index < -0.39 is 11.6 Å². The van der Waals surface area contributed by atoms with Gasteiger partial charge in [-0.25, -0.2) is 0 Å². The van der Waals surface area contributed by atoms with E-state index in [0.29, 0.717) is 22.6 Å². The molecule has 0 atom stereocenters. The molecule has 0 spiro atoms. The molecule has 2 amide bonds. The number of hydrogen-bond donors (Lipinski definition) is 1. The van der Waals surface area contributed by atoms with Gasteiger partial charge in [0, 0.05) is 11.3 Å². The minimum Gasteiger partial charge on any atom is -0.459 e. The van der Waals surface area contributed by atoms with Gasteiger partial charge in [-0.05, 0) is 57.2 Å². The summed E-state index contributed by atoms with van der Waals surface area (Å²) in [6.07, 6.45) is 0. The van der Waals surface area contributed by atoms with E-state index in [2.05, 4.69) is 0 Å². The lowest BCUT2D eigenvalue weighted by molar-refractivity contribution is -0.153. The second-order valence-electron chi connectivity index (χ2n) is 7.57. The van der Waals surface area contributed by atoms with E-state index >= 15 is 0 Å². The van der Waals surface area contributed by atoms with Gasteiger partial charge >= 0.3 is 5.97 Å². The second-order valence-corrected chi connectivity index (χ2v) is 7.57. The van der Waals surface area contributed by atoms with Crippen LogP contribution < -0.4 is 15.5 Å². The first kappa shape index (κ1) is 19.4. The molecule has 1 aliphatic rings. The van der Waals surface area contributed by atoms with Gasteiger partial charge < -0.3 is 10.5 Å². The van der Waals surface area contributed by atoms with Crippen molar-refractivity contribution in [2.24, 2.45) is 0 Å². The SMILES string of the molecule is CC(C)(C)OC(=O)CN1C(=O)CN(C(=O)c2ccc(N)cc2)c2ccccc21. The zero-order valence-electron chi connectivity index (χ0n) is 16.1. The third kappa shape index (κ3) is 4.14. The Bertz CT molecular complexity index is 916. The van der Waals surface area contributed by atoms with E-state index in [9.17, 15) is 14.4 Å². The van der Waals surface area contributed by atoms with Crippen molar-refractivity contribution in [3.8, 4) is 0 Å².